The van der Waals surface area contributed by atoms with Gasteiger partial charge in [0.05, 0.1) is 18.2 Å². The van der Waals surface area contributed by atoms with Crippen LogP contribution in [0.15, 0.2) is 0 Å². The number of aliphatic hydroxyl groups excluding tert-OH is 3. The first-order valence-corrected chi connectivity index (χ1v) is 4.98. The SMILES string of the molecule is CC(=O)NC[C@H]1N[C@@H](C)[C@@H](O)[C@@H](O)[C@@H]1O. The Bertz CT molecular complexity index is 236. The zero-order valence-corrected chi connectivity index (χ0v) is 8.84. The second-order valence-electron chi connectivity index (χ2n) is 3.97. The molecule has 0 aromatic heterocycles. The van der Waals surface area contributed by atoms with Gasteiger partial charge in [0.2, 0.25) is 5.91 Å². The van der Waals surface area contributed by atoms with Crippen LogP contribution in [-0.2, 0) is 4.79 Å². The summed E-state index contributed by atoms with van der Waals surface area (Å²) in [5.74, 6) is -0.197. The van der Waals surface area contributed by atoms with Crippen molar-refractivity contribution in [2.75, 3.05) is 6.54 Å². The van der Waals surface area contributed by atoms with Crippen LogP contribution >= 0.6 is 0 Å². The van der Waals surface area contributed by atoms with Gasteiger partial charge < -0.3 is 26.0 Å². The highest BCUT2D eigenvalue weighted by atomic mass is 16.4. The summed E-state index contributed by atoms with van der Waals surface area (Å²) in [6.07, 6.45) is -3.25. The summed E-state index contributed by atoms with van der Waals surface area (Å²) in [7, 11) is 0. The van der Waals surface area contributed by atoms with Gasteiger partial charge in [-0.25, -0.2) is 0 Å². The van der Waals surface area contributed by atoms with Gasteiger partial charge >= 0.3 is 0 Å². The maximum absolute atomic E-state index is 10.7. The van der Waals surface area contributed by atoms with Crippen LogP contribution in [0, 0.1) is 0 Å². The van der Waals surface area contributed by atoms with E-state index in [-0.39, 0.29) is 18.5 Å². The first-order valence-electron chi connectivity index (χ1n) is 4.98. The van der Waals surface area contributed by atoms with E-state index in [2.05, 4.69) is 10.6 Å². The van der Waals surface area contributed by atoms with Crippen molar-refractivity contribution in [3.05, 3.63) is 0 Å². The molecule has 1 rings (SSSR count). The molecule has 0 spiro atoms. The van der Waals surface area contributed by atoms with Gasteiger partial charge in [0.25, 0.3) is 0 Å². The molecule has 1 heterocycles. The van der Waals surface area contributed by atoms with Gasteiger partial charge in [-0.1, -0.05) is 0 Å². The summed E-state index contributed by atoms with van der Waals surface area (Å²) in [4.78, 5) is 10.7. The van der Waals surface area contributed by atoms with Crippen LogP contribution in [0.1, 0.15) is 13.8 Å². The van der Waals surface area contributed by atoms with Crippen LogP contribution in [0.5, 0.6) is 0 Å². The molecule has 1 aliphatic rings. The monoisotopic (exact) mass is 218 g/mol. The molecule has 0 bridgehead atoms. The van der Waals surface area contributed by atoms with Crippen molar-refractivity contribution < 1.29 is 20.1 Å². The Labute approximate surface area is 88.3 Å². The van der Waals surface area contributed by atoms with Crippen LogP contribution in [0.4, 0.5) is 0 Å². The van der Waals surface area contributed by atoms with Gasteiger partial charge in [-0.05, 0) is 6.92 Å². The summed E-state index contributed by atoms with van der Waals surface area (Å²) in [6.45, 7) is 3.31. The van der Waals surface area contributed by atoms with Crippen molar-refractivity contribution in [3.63, 3.8) is 0 Å². The Hall–Kier alpha value is -0.690. The number of hydrogen-bond donors (Lipinski definition) is 5. The van der Waals surface area contributed by atoms with E-state index < -0.39 is 24.4 Å². The topological polar surface area (TPSA) is 102 Å². The molecular formula is C9H18N2O4. The number of nitrogens with one attached hydrogen (secondary N) is 2. The number of carbonyl (C=O) groups excluding carboxylic acids is 1. The lowest BCUT2D eigenvalue weighted by atomic mass is 9.91. The second kappa shape index (κ2) is 4.89. The molecule has 0 aromatic rings. The Morgan fingerprint density at radius 1 is 1.27 bits per heavy atom. The normalized spacial score (nSPS) is 41.3. The van der Waals surface area contributed by atoms with Crippen molar-refractivity contribution in [3.8, 4) is 0 Å². The number of hydrogen-bond acceptors (Lipinski definition) is 5. The molecule has 0 radical (unpaired) electrons. The van der Waals surface area contributed by atoms with Crippen LogP contribution in [-0.4, -0.2) is 58.2 Å². The fourth-order valence-electron chi connectivity index (χ4n) is 1.70. The molecule has 1 fully saturated rings. The zero-order chi connectivity index (χ0) is 11.6. The van der Waals surface area contributed by atoms with E-state index in [4.69, 9.17) is 0 Å². The number of aliphatic hydroxyl groups is 3. The summed E-state index contributed by atoms with van der Waals surface area (Å²) >= 11 is 0. The minimum Gasteiger partial charge on any atom is -0.389 e. The van der Waals surface area contributed by atoms with Gasteiger partial charge in [-0.15, -0.1) is 0 Å². The Morgan fingerprint density at radius 3 is 2.40 bits per heavy atom. The molecule has 5 atom stereocenters. The summed E-state index contributed by atoms with van der Waals surface area (Å²) in [6, 6.07) is -0.760. The van der Waals surface area contributed by atoms with E-state index in [1.54, 1.807) is 6.92 Å². The summed E-state index contributed by atoms with van der Waals surface area (Å²) in [5.41, 5.74) is 0. The number of carbonyl (C=O) groups is 1. The molecule has 0 aliphatic carbocycles. The first-order chi connectivity index (χ1) is 6.93. The standard InChI is InChI=1S/C9H18N2O4/c1-4-7(13)9(15)8(14)6(11-4)3-10-5(2)12/h4,6-9,11,13-15H,3H2,1-2H3,(H,10,12)/t4-,6+,7+,8+,9+/m0/s1. The van der Waals surface area contributed by atoms with Gasteiger partial charge in [0.1, 0.15) is 6.10 Å². The average Bonchev–Trinajstić information content (AvgIpc) is 2.18. The van der Waals surface area contributed by atoms with E-state index in [0.29, 0.717) is 0 Å². The molecule has 0 aromatic carbocycles. The Balaban J connectivity index is 2.54. The predicted molar refractivity (Wildman–Crippen MR) is 53.1 cm³/mol. The third kappa shape index (κ3) is 2.88. The fourth-order valence-corrected chi connectivity index (χ4v) is 1.70. The Kier molecular flexibility index (Phi) is 4.04. The van der Waals surface area contributed by atoms with E-state index in [9.17, 15) is 20.1 Å². The van der Waals surface area contributed by atoms with Crippen LogP contribution in [0.25, 0.3) is 0 Å². The smallest absolute Gasteiger partial charge is 0.216 e. The molecule has 6 nitrogen and oxygen atoms in total. The van der Waals surface area contributed by atoms with Gasteiger partial charge in [-0.3, -0.25) is 4.79 Å². The average molecular weight is 218 g/mol. The third-order valence-electron chi connectivity index (χ3n) is 2.67. The lowest BCUT2D eigenvalue weighted by Gasteiger charge is -2.40. The number of amides is 1. The lowest BCUT2D eigenvalue weighted by molar-refractivity contribution is -0.122. The second-order valence-corrected chi connectivity index (χ2v) is 3.97. The molecule has 1 amide bonds. The molecule has 15 heavy (non-hydrogen) atoms. The lowest BCUT2D eigenvalue weighted by Crippen LogP contribution is -2.66. The first kappa shape index (κ1) is 12.4. The molecule has 88 valence electrons. The molecule has 0 unspecified atom stereocenters. The molecule has 5 N–H and O–H groups in total. The minimum atomic E-state index is -1.18. The van der Waals surface area contributed by atoms with Crippen molar-refractivity contribution >= 4 is 5.91 Å². The fraction of sp³-hybridized carbons (Fsp3) is 0.889. The van der Waals surface area contributed by atoms with Crippen molar-refractivity contribution in [2.24, 2.45) is 0 Å². The van der Waals surface area contributed by atoms with Crippen LogP contribution in [0.2, 0.25) is 0 Å². The highest BCUT2D eigenvalue weighted by molar-refractivity contribution is 5.72. The molecule has 6 heteroatoms. The number of rotatable bonds is 2. The minimum absolute atomic E-state index is 0.197. The van der Waals surface area contributed by atoms with E-state index in [1.165, 1.54) is 6.92 Å². The number of piperidine rings is 1. The molecule has 1 saturated heterocycles. The highest BCUT2D eigenvalue weighted by Crippen LogP contribution is 2.14. The Morgan fingerprint density at radius 2 is 1.87 bits per heavy atom. The zero-order valence-electron chi connectivity index (χ0n) is 8.84. The van der Waals surface area contributed by atoms with E-state index in [0.717, 1.165) is 0 Å². The predicted octanol–water partition coefficient (Wildman–Crippen LogP) is -2.43. The van der Waals surface area contributed by atoms with Crippen LogP contribution < -0.4 is 10.6 Å². The largest absolute Gasteiger partial charge is 0.389 e. The van der Waals surface area contributed by atoms with Gasteiger partial charge in [0, 0.05) is 19.5 Å². The van der Waals surface area contributed by atoms with Crippen LogP contribution in [0.3, 0.4) is 0 Å². The third-order valence-corrected chi connectivity index (χ3v) is 2.67. The molecular weight excluding hydrogens is 200 g/mol. The maximum Gasteiger partial charge on any atom is 0.216 e. The van der Waals surface area contributed by atoms with E-state index >= 15 is 0 Å². The van der Waals surface area contributed by atoms with Gasteiger partial charge in [-0.2, -0.15) is 0 Å². The summed E-state index contributed by atoms with van der Waals surface area (Å²) in [5, 5.41) is 34.0. The van der Waals surface area contributed by atoms with Gasteiger partial charge in [0.15, 0.2) is 0 Å². The molecule has 0 saturated carbocycles. The van der Waals surface area contributed by atoms with Crippen molar-refractivity contribution in [1.82, 2.24) is 10.6 Å². The van der Waals surface area contributed by atoms with E-state index in [1.807, 2.05) is 0 Å². The quantitative estimate of drug-likeness (QED) is 0.354. The maximum atomic E-state index is 10.7. The van der Waals surface area contributed by atoms with Crippen molar-refractivity contribution in [1.29, 1.82) is 0 Å². The summed E-state index contributed by atoms with van der Waals surface area (Å²) < 4.78 is 0. The highest BCUT2D eigenvalue weighted by Gasteiger charge is 2.40. The van der Waals surface area contributed by atoms with Crippen molar-refractivity contribution in [2.45, 2.75) is 44.2 Å². The molecule has 1 aliphatic heterocycles.